The number of carboxylic acids is 2. The number of aromatic amines is 1. The summed E-state index contributed by atoms with van der Waals surface area (Å²) < 4.78 is 1.69. The Morgan fingerprint density at radius 3 is 2.71 bits per heavy atom. The van der Waals surface area contributed by atoms with Gasteiger partial charge in [0.15, 0.2) is 11.8 Å². The molecule has 3 aromatic rings. The molecule has 1 saturated heterocycles. The second-order valence-electron chi connectivity index (χ2n) is 9.04. The summed E-state index contributed by atoms with van der Waals surface area (Å²) in [6.45, 7) is 0. The van der Waals surface area contributed by atoms with Gasteiger partial charge < -0.3 is 20.6 Å². The number of halogens is 1. The van der Waals surface area contributed by atoms with Crippen molar-refractivity contribution in [3.05, 3.63) is 68.2 Å². The molecule has 1 aromatic carbocycles. The standard InChI is InChI=1S/C24H21BrN6O8S2/c25-11-3-1-2-10(8-11)19(34)20(35)26-17-21(36)30-18(23(37)38)12(9-40-22(17)30)13(4-7-16(32)33)41-15-6-5-14-27-28-24(39)31(14)29-15/h1-3,5-6,8,13,17,19,22,34H,4,7,9H2,(H,26,35)(H,28,39)(H,32,33)(H,37,38)/t13?,17?,19-,22-/m1/s1. The third-order valence-corrected chi connectivity index (χ3v) is 9.49. The minimum Gasteiger partial charge on any atom is -0.481 e. The van der Waals surface area contributed by atoms with E-state index in [1.165, 1.54) is 17.8 Å². The Balaban J connectivity index is 1.39. The van der Waals surface area contributed by atoms with Crippen LogP contribution in [0.4, 0.5) is 0 Å². The van der Waals surface area contributed by atoms with Gasteiger partial charge in [0.25, 0.3) is 11.8 Å². The lowest BCUT2D eigenvalue weighted by Crippen LogP contribution is -2.71. The van der Waals surface area contributed by atoms with Crippen molar-refractivity contribution in [3.8, 4) is 0 Å². The number of carbonyl (C=O) groups excluding carboxylic acids is 2. The van der Waals surface area contributed by atoms with Gasteiger partial charge in [-0.15, -0.1) is 11.8 Å². The molecule has 5 rings (SSSR count). The summed E-state index contributed by atoms with van der Waals surface area (Å²) in [5.74, 6) is -3.82. The molecule has 2 aliphatic rings. The first-order valence-electron chi connectivity index (χ1n) is 12.0. The van der Waals surface area contributed by atoms with Gasteiger partial charge in [0.2, 0.25) is 0 Å². The third-order valence-electron chi connectivity index (χ3n) is 6.43. The van der Waals surface area contributed by atoms with E-state index in [-0.39, 0.29) is 29.9 Å². The number of benzene rings is 1. The molecule has 0 saturated carbocycles. The van der Waals surface area contributed by atoms with Gasteiger partial charge in [0, 0.05) is 21.9 Å². The van der Waals surface area contributed by atoms with E-state index in [9.17, 15) is 39.3 Å². The summed E-state index contributed by atoms with van der Waals surface area (Å²) >= 11 is 5.56. The van der Waals surface area contributed by atoms with Crippen molar-refractivity contribution in [2.75, 3.05) is 5.75 Å². The van der Waals surface area contributed by atoms with E-state index in [1.54, 1.807) is 30.3 Å². The number of carbonyl (C=O) groups is 4. The topological polar surface area (TPSA) is 207 Å². The summed E-state index contributed by atoms with van der Waals surface area (Å²) in [6, 6.07) is 8.55. The van der Waals surface area contributed by atoms with E-state index in [0.717, 1.165) is 21.2 Å². The SMILES string of the molecule is O=C(O)CCC(Sc1ccc2n[nH]c(=O)n2n1)C1=C(C(=O)O)N2C(=O)C(NC(=O)[C@H](O)c3cccc(Br)c3)[C@H]2SC1. The highest BCUT2D eigenvalue weighted by Crippen LogP contribution is 2.44. The second kappa shape index (κ2) is 11.7. The summed E-state index contributed by atoms with van der Waals surface area (Å²) in [5, 5.41) is 41.6. The number of nitrogens with zero attached hydrogens (tertiary/aromatic N) is 4. The minimum absolute atomic E-state index is 0.0262. The first-order valence-corrected chi connectivity index (χ1v) is 14.7. The number of carboxylic acid groups (broad SMARTS) is 2. The van der Waals surface area contributed by atoms with Gasteiger partial charge in [0.05, 0.1) is 0 Å². The molecule has 14 nitrogen and oxygen atoms in total. The molecular weight excluding hydrogens is 644 g/mol. The fourth-order valence-corrected chi connectivity index (χ4v) is 7.59. The van der Waals surface area contributed by atoms with Crippen LogP contribution in [0.15, 0.2) is 62.0 Å². The maximum absolute atomic E-state index is 13.2. The molecule has 2 amide bonds. The zero-order valence-electron chi connectivity index (χ0n) is 20.8. The Bertz CT molecular complexity index is 1660. The number of hydrogen-bond donors (Lipinski definition) is 5. The number of nitrogens with one attached hydrogen (secondary N) is 2. The predicted octanol–water partition coefficient (Wildman–Crippen LogP) is 0.978. The van der Waals surface area contributed by atoms with Crippen LogP contribution in [0.25, 0.3) is 5.65 Å². The lowest BCUT2D eigenvalue weighted by atomic mass is 9.99. The van der Waals surface area contributed by atoms with Crippen molar-refractivity contribution >= 4 is 68.9 Å². The summed E-state index contributed by atoms with van der Waals surface area (Å²) in [4.78, 5) is 62.8. The molecule has 1 fully saturated rings. The zero-order chi connectivity index (χ0) is 29.4. The number of amides is 2. The molecule has 4 heterocycles. The molecule has 0 aliphatic carbocycles. The Morgan fingerprint density at radius 2 is 2.00 bits per heavy atom. The van der Waals surface area contributed by atoms with Crippen molar-refractivity contribution in [1.29, 1.82) is 0 Å². The number of aliphatic hydroxyl groups is 1. The van der Waals surface area contributed by atoms with Gasteiger partial charge in [-0.1, -0.05) is 39.8 Å². The fraction of sp³-hybridized carbons (Fsp3) is 0.292. The van der Waals surface area contributed by atoms with Crippen molar-refractivity contribution in [1.82, 2.24) is 30.0 Å². The molecular formula is C24H21BrN6O8S2. The average molecular weight is 666 g/mol. The van der Waals surface area contributed by atoms with Crippen molar-refractivity contribution in [3.63, 3.8) is 0 Å². The van der Waals surface area contributed by atoms with Crippen molar-refractivity contribution < 1.29 is 34.5 Å². The van der Waals surface area contributed by atoms with Crippen LogP contribution in [0.5, 0.6) is 0 Å². The van der Waals surface area contributed by atoms with Gasteiger partial charge in [-0.2, -0.15) is 14.7 Å². The van der Waals surface area contributed by atoms with Crippen LogP contribution in [0, 0.1) is 0 Å². The summed E-state index contributed by atoms with van der Waals surface area (Å²) in [6.07, 6.45) is -1.80. The normalized spacial score (nSPS) is 19.9. The van der Waals surface area contributed by atoms with Crippen LogP contribution in [-0.4, -0.2) is 86.2 Å². The van der Waals surface area contributed by atoms with E-state index in [0.29, 0.717) is 20.6 Å². The number of thioether (sulfide) groups is 2. The molecule has 0 radical (unpaired) electrons. The molecule has 4 atom stereocenters. The number of rotatable bonds is 10. The van der Waals surface area contributed by atoms with Gasteiger partial charge in [-0.3, -0.25) is 19.3 Å². The van der Waals surface area contributed by atoms with Gasteiger partial charge in [0.1, 0.15) is 22.1 Å². The van der Waals surface area contributed by atoms with Crippen LogP contribution in [0.2, 0.25) is 0 Å². The molecule has 214 valence electrons. The Kier molecular flexibility index (Phi) is 8.21. The molecule has 2 aromatic heterocycles. The maximum Gasteiger partial charge on any atom is 0.364 e. The predicted molar refractivity (Wildman–Crippen MR) is 149 cm³/mol. The summed E-state index contributed by atoms with van der Waals surface area (Å²) in [5.41, 5.74) is 0.0375. The second-order valence-corrected chi connectivity index (χ2v) is 12.3. The van der Waals surface area contributed by atoms with Crippen LogP contribution < -0.4 is 11.0 Å². The first-order chi connectivity index (χ1) is 19.5. The van der Waals surface area contributed by atoms with Crippen molar-refractivity contribution in [2.24, 2.45) is 0 Å². The number of aliphatic hydroxyl groups excluding tert-OH is 1. The van der Waals surface area contributed by atoms with Crippen LogP contribution >= 0.6 is 39.5 Å². The largest absolute Gasteiger partial charge is 0.481 e. The van der Waals surface area contributed by atoms with Gasteiger partial charge in [-0.25, -0.2) is 14.7 Å². The Morgan fingerprint density at radius 1 is 1.22 bits per heavy atom. The molecule has 0 bridgehead atoms. The zero-order valence-corrected chi connectivity index (χ0v) is 24.0. The average Bonchev–Trinajstić information content (AvgIpc) is 3.32. The molecule has 5 N–H and O–H groups in total. The molecule has 17 heteroatoms. The number of H-pyrrole nitrogens is 1. The molecule has 2 aliphatic heterocycles. The van der Waals surface area contributed by atoms with E-state index in [4.69, 9.17) is 0 Å². The van der Waals surface area contributed by atoms with Crippen LogP contribution in [0.1, 0.15) is 24.5 Å². The van der Waals surface area contributed by atoms with Gasteiger partial charge >= 0.3 is 17.6 Å². The van der Waals surface area contributed by atoms with Crippen molar-refractivity contribution in [2.45, 2.75) is 40.6 Å². The van der Waals surface area contributed by atoms with E-state index in [2.05, 4.69) is 36.5 Å². The quantitative estimate of drug-likeness (QED) is 0.152. The lowest BCUT2D eigenvalue weighted by molar-refractivity contribution is -0.151. The fourth-order valence-electron chi connectivity index (χ4n) is 4.50. The Hall–Kier alpha value is -3.67. The van der Waals surface area contributed by atoms with E-state index >= 15 is 0 Å². The monoisotopic (exact) mass is 664 g/mol. The number of aliphatic carboxylic acids is 2. The highest BCUT2D eigenvalue weighted by Gasteiger charge is 2.55. The van der Waals surface area contributed by atoms with E-state index in [1.807, 2.05) is 0 Å². The van der Waals surface area contributed by atoms with Gasteiger partial charge in [-0.05, 0) is 41.8 Å². The lowest BCUT2D eigenvalue weighted by Gasteiger charge is -2.50. The number of β-lactam (4-membered cyclic amide) rings is 1. The minimum atomic E-state index is -1.54. The Labute approximate surface area is 247 Å². The number of hydrogen-bond acceptors (Lipinski definition) is 10. The highest BCUT2D eigenvalue weighted by molar-refractivity contribution is 9.10. The number of fused-ring (bicyclic) bond motifs is 2. The van der Waals surface area contributed by atoms with E-state index < -0.39 is 52.2 Å². The summed E-state index contributed by atoms with van der Waals surface area (Å²) in [7, 11) is 0. The maximum atomic E-state index is 13.2. The van der Waals surface area contributed by atoms with Crippen LogP contribution in [0.3, 0.4) is 0 Å². The third kappa shape index (κ3) is 5.74. The smallest absolute Gasteiger partial charge is 0.364 e. The molecule has 41 heavy (non-hydrogen) atoms. The molecule has 0 spiro atoms. The highest BCUT2D eigenvalue weighted by atomic mass is 79.9. The first kappa shape index (κ1) is 28.8. The molecule has 2 unspecified atom stereocenters. The number of aromatic nitrogens is 4. The van der Waals surface area contributed by atoms with Crippen LogP contribution in [-0.2, 0) is 19.2 Å².